The van der Waals surface area contributed by atoms with Gasteiger partial charge in [-0.25, -0.2) is 9.97 Å². The van der Waals surface area contributed by atoms with Crippen molar-refractivity contribution in [3.8, 4) is 17.2 Å². The molecule has 2 fully saturated rings. The van der Waals surface area contributed by atoms with Gasteiger partial charge in [-0.2, -0.15) is 0 Å². The number of hydrogen-bond donors (Lipinski definition) is 3. The minimum atomic E-state index is -0.471. The molecule has 2 aromatic heterocycles. The van der Waals surface area contributed by atoms with Gasteiger partial charge in [0, 0.05) is 23.3 Å². The van der Waals surface area contributed by atoms with Crippen molar-refractivity contribution in [2.75, 3.05) is 22.9 Å². The molecule has 2 atom stereocenters. The minimum Gasteiger partial charge on any atom is -1.00 e. The van der Waals surface area contributed by atoms with Crippen molar-refractivity contribution in [2.45, 2.75) is 37.8 Å². The van der Waals surface area contributed by atoms with Crippen LogP contribution >= 0.6 is 0 Å². The average Bonchev–Trinajstić information content (AvgIpc) is 3.49. The fourth-order valence-electron chi connectivity index (χ4n) is 4.83. The third-order valence-electron chi connectivity index (χ3n) is 6.26. The molecule has 0 spiro atoms. The Balaban J connectivity index is 0.00000153. The molecule has 2 saturated heterocycles. The SMILES string of the molecule is Oc1c(C2CCCN2c2nccc[nH+]2)cc(C2CCCN2c2nccc[nH+]2)c(O)c1O.[Cl-].[Cl-]. The maximum absolute atomic E-state index is 10.8. The predicted octanol–water partition coefficient (Wildman–Crippen LogP) is -4.09. The standard InChI is InChI=1S/C22H24N6O3.2ClH/c29-18-14(16-5-1-11-27(16)21-23-7-3-8-24-21)13-15(19(30)20(18)31)17-6-2-12-28(17)22-25-9-4-10-26-22;;/h3-4,7-10,13,16-17,29-31H,1-2,5-6,11-12H2;2*1H. The van der Waals surface area contributed by atoms with E-state index in [-0.39, 0.29) is 48.4 Å². The molecule has 5 rings (SSSR count). The highest BCUT2D eigenvalue weighted by molar-refractivity contribution is 5.61. The molecule has 176 valence electrons. The molecular formula is C22H26Cl2N6O3. The second-order valence-electron chi connectivity index (χ2n) is 8.01. The first kappa shape index (κ1) is 24.6. The van der Waals surface area contributed by atoms with Gasteiger partial charge in [0.05, 0.1) is 25.5 Å². The van der Waals surface area contributed by atoms with Crippen LogP contribution in [0.25, 0.3) is 0 Å². The fraction of sp³-hybridized carbons (Fsp3) is 0.364. The van der Waals surface area contributed by atoms with Gasteiger partial charge in [0.15, 0.2) is 11.5 Å². The summed E-state index contributed by atoms with van der Waals surface area (Å²) in [5.74, 6) is 0.403. The highest BCUT2D eigenvalue weighted by atomic mass is 35.5. The molecule has 2 unspecified atom stereocenters. The summed E-state index contributed by atoms with van der Waals surface area (Å²) in [6.07, 6.45) is 10.6. The lowest BCUT2D eigenvalue weighted by Gasteiger charge is -2.24. The number of aromatic hydroxyl groups is 3. The van der Waals surface area contributed by atoms with Gasteiger partial charge in [0.1, 0.15) is 24.5 Å². The molecule has 5 N–H and O–H groups in total. The number of phenols is 3. The van der Waals surface area contributed by atoms with Crippen molar-refractivity contribution >= 4 is 11.9 Å². The number of halogens is 2. The number of nitrogens with one attached hydrogen (secondary N) is 2. The molecule has 33 heavy (non-hydrogen) atoms. The second-order valence-corrected chi connectivity index (χ2v) is 8.01. The van der Waals surface area contributed by atoms with Crippen LogP contribution < -0.4 is 44.6 Å². The zero-order valence-corrected chi connectivity index (χ0v) is 19.3. The molecule has 0 amide bonds. The maximum Gasteiger partial charge on any atom is 0.391 e. The zero-order chi connectivity index (χ0) is 21.4. The molecule has 2 aliphatic heterocycles. The minimum absolute atomic E-state index is 0. The summed E-state index contributed by atoms with van der Waals surface area (Å²) in [4.78, 5) is 19.3. The first-order valence-electron chi connectivity index (χ1n) is 10.6. The van der Waals surface area contributed by atoms with Crippen LogP contribution in [0.2, 0.25) is 0 Å². The molecule has 3 aromatic rings. The van der Waals surface area contributed by atoms with Crippen molar-refractivity contribution < 1.29 is 50.1 Å². The van der Waals surface area contributed by atoms with Gasteiger partial charge in [-0.05, 0) is 31.7 Å². The van der Waals surface area contributed by atoms with Crippen molar-refractivity contribution in [3.63, 3.8) is 0 Å². The van der Waals surface area contributed by atoms with E-state index in [1.807, 2.05) is 30.6 Å². The number of rotatable bonds is 4. The lowest BCUT2D eigenvalue weighted by molar-refractivity contribution is -0.369. The van der Waals surface area contributed by atoms with Gasteiger partial charge in [0.2, 0.25) is 5.75 Å². The molecule has 2 aliphatic rings. The number of nitrogens with zero attached hydrogens (tertiary/aromatic N) is 4. The Morgan fingerprint density at radius 3 is 1.58 bits per heavy atom. The van der Waals surface area contributed by atoms with Gasteiger partial charge < -0.3 is 40.1 Å². The van der Waals surface area contributed by atoms with E-state index < -0.39 is 5.75 Å². The molecule has 9 nitrogen and oxygen atoms in total. The van der Waals surface area contributed by atoms with Crippen LogP contribution in [-0.4, -0.2) is 38.4 Å². The Hall–Kier alpha value is -3.04. The number of aromatic amines is 2. The third-order valence-corrected chi connectivity index (χ3v) is 6.26. The van der Waals surface area contributed by atoms with Crippen LogP contribution in [0.15, 0.2) is 43.0 Å². The lowest BCUT2D eigenvalue weighted by atomic mass is 9.94. The van der Waals surface area contributed by atoms with Crippen molar-refractivity contribution in [1.82, 2.24) is 9.97 Å². The van der Waals surface area contributed by atoms with Crippen LogP contribution in [0.4, 0.5) is 11.9 Å². The van der Waals surface area contributed by atoms with Crippen LogP contribution in [-0.2, 0) is 0 Å². The Kier molecular flexibility index (Phi) is 7.65. The average molecular weight is 493 g/mol. The van der Waals surface area contributed by atoms with E-state index in [1.54, 1.807) is 12.4 Å². The second kappa shape index (κ2) is 10.3. The summed E-state index contributed by atoms with van der Waals surface area (Å²) in [5, 5.41) is 32.1. The highest BCUT2D eigenvalue weighted by Crippen LogP contribution is 2.50. The topological polar surface area (TPSA) is 121 Å². The summed E-state index contributed by atoms with van der Waals surface area (Å²) < 4.78 is 0. The molecule has 11 heteroatoms. The Bertz CT molecular complexity index is 995. The van der Waals surface area contributed by atoms with E-state index in [9.17, 15) is 15.3 Å². The first-order valence-corrected chi connectivity index (χ1v) is 10.6. The number of benzene rings is 1. The fourth-order valence-corrected chi connectivity index (χ4v) is 4.83. The molecule has 0 bridgehead atoms. The smallest absolute Gasteiger partial charge is 0.391 e. The summed E-state index contributed by atoms with van der Waals surface area (Å²) in [7, 11) is 0. The van der Waals surface area contributed by atoms with Gasteiger partial charge in [0.25, 0.3) is 0 Å². The first-order chi connectivity index (χ1) is 15.1. The normalized spacial score (nSPS) is 19.8. The lowest BCUT2D eigenvalue weighted by Crippen LogP contribution is -3.00. The monoisotopic (exact) mass is 492 g/mol. The Labute approximate surface area is 204 Å². The summed E-state index contributed by atoms with van der Waals surface area (Å²) in [6.45, 7) is 1.57. The zero-order valence-electron chi connectivity index (χ0n) is 17.8. The molecular weight excluding hydrogens is 467 g/mol. The number of hydrogen-bond acceptors (Lipinski definition) is 7. The van der Waals surface area contributed by atoms with Crippen molar-refractivity contribution in [3.05, 3.63) is 54.1 Å². The number of phenolic OH excluding ortho intramolecular Hbond substituents is 3. The number of anilines is 2. The third kappa shape index (κ3) is 4.43. The largest absolute Gasteiger partial charge is 1.00 e. The quantitative estimate of drug-likeness (QED) is 0.316. The van der Waals surface area contributed by atoms with Gasteiger partial charge in [-0.1, -0.05) is 9.97 Å². The van der Waals surface area contributed by atoms with Gasteiger partial charge in [-0.3, -0.25) is 9.80 Å². The van der Waals surface area contributed by atoms with Crippen LogP contribution in [0.1, 0.15) is 48.9 Å². The summed E-state index contributed by atoms with van der Waals surface area (Å²) in [6, 6.07) is 5.16. The van der Waals surface area contributed by atoms with E-state index in [4.69, 9.17) is 0 Å². The molecule has 4 heterocycles. The van der Waals surface area contributed by atoms with Crippen LogP contribution in [0.3, 0.4) is 0 Å². The van der Waals surface area contributed by atoms with Gasteiger partial charge in [-0.15, -0.1) is 0 Å². The van der Waals surface area contributed by atoms with Crippen LogP contribution in [0.5, 0.6) is 17.2 Å². The number of aromatic nitrogens is 4. The molecule has 1 aromatic carbocycles. The maximum atomic E-state index is 10.8. The summed E-state index contributed by atoms with van der Waals surface area (Å²) >= 11 is 0. The molecule has 0 aliphatic carbocycles. The van der Waals surface area contributed by atoms with Crippen molar-refractivity contribution in [2.24, 2.45) is 0 Å². The summed E-state index contributed by atoms with van der Waals surface area (Å²) in [5.41, 5.74) is 1.19. The van der Waals surface area contributed by atoms with Gasteiger partial charge >= 0.3 is 11.9 Å². The van der Waals surface area contributed by atoms with E-state index >= 15 is 0 Å². The van der Waals surface area contributed by atoms with Crippen LogP contribution in [0, 0.1) is 0 Å². The van der Waals surface area contributed by atoms with E-state index in [0.29, 0.717) is 23.0 Å². The Morgan fingerprint density at radius 2 is 1.18 bits per heavy atom. The molecule has 0 saturated carbocycles. The molecule has 0 radical (unpaired) electrons. The number of H-pyrrole nitrogens is 2. The Morgan fingerprint density at radius 1 is 0.727 bits per heavy atom. The highest BCUT2D eigenvalue weighted by Gasteiger charge is 2.40. The van der Waals surface area contributed by atoms with E-state index in [1.165, 1.54) is 0 Å². The van der Waals surface area contributed by atoms with Crippen molar-refractivity contribution in [1.29, 1.82) is 0 Å². The predicted molar refractivity (Wildman–Crippen MR) is 112 cm³/mol. The van der Waals surface area contributed by atoms with E-state index in [0.717, 1.165) is 38.8 Å². The van der Waals surface area contributed by atoms with E-state index in [2.05, 4.69) is 29.7 Å².